The van der Waals surface area contributed by atoms with Gasteiger partial charge in [-0.3, -0.25) is 4.79 Å². The Morgan fingerprint density at radius 2 is 1.56 bits per heavy atom. The molecule has 184 valence electrons. The van der Waals surface area contributed by atoms with Gasteiger partial charge in [-0.15, -0.1) is 0 Å². The number of halogens is 2. The van der Waals surface area contributed by atoms with Crippen molar-refractivity contribution in [2.24, 2.45) is 5.73 Å². The molecule has 1 aliphatic heterocycles. The van der Waals surface area contributed by atoms with Crippen LogP contribution in [0.2, 0.25) is 0 Å². The van der Waals surface area contributed by atoms with Crippen molar-refractivity contribution in [1.82, 2.24) is 10.2 Å². The van der Waals surface area contributed by atoms with E-state index in [1.807, 2.05) is 6.07 Å². The molecular formula is C25H31F2N3O4. The van der Waals surface area contributed by atoms with Crippen molar-refractivity contribution in [2.75, 3.05) is 13.1 Å². The van der Waals surface area contributed by atoms with Crippen LogP contribution in [0.25, 0.3) is 0 Å². The first kappa shape index (κ1) is 25.4. The van der Waals surface area contributed by atoms with Crippen molar-refractivity contribution in [3.63, 3.8) is 0 Å². The zero-order valence-electron chi connectivity index (χ0n) is 19.6. The number of para-hydroxylation sites is 1. The van der Waals surface area contributed by atoms with Crippen LogP contribution in [-0.4, -0.2) is 47.7 Å². The van der Waals surface area contributed by atoms with Crippen molar-refractivity contribution in [2.45, 2.75) is 57.2 Å². The fourth-order valence-corrected chi connectivity index (χ4v) is 3.62. The van der Waals surface area contributed by atoms with Gasteiger partial charge in [0.15, 0.2) is 6.04 Å². The SMILES string of the molecule is CC(C)(C)OC(=O)NC1CCN(C(=O)C(N)C(F)(F)c2ccc(Oc3ccccc3)cc2)CC1. The predicted molar refractivity (Wildman–Crippen MR) is 124 cm³/mol. The van der Waals surface area contributed by atoms with Gasteiger partial charge in [-0.05, 0) is 70.0 Å². The Balaban J connectivity index is 1.55. The summed E-state index contributed by atoms with van der Waals surface area (Å²) in [5, 5.41) is 2.75. The predicted octanol–water partition coefficient (Wildman–Crippen LogP) is 4.41. The van der Waals surface area contributed by atoms with Gasteiger partial charge in [-0.2, -0.15) is 8.78 Å². The topological polar surface area (TPSA) is 93.9 Å². The van der Waals surface area contributed by atoms with Crippen LogP contribution in [0.1, 0.15) is 39.2 Å². The summed E-state index contributed by atoms with van der Waals surface area (Å²) in [7, 11) is 0. The molecule has 1 saturated heterocycles. The molecule has 3 rings (SSSR count). The van der Waals surface area contributed by atoms with E-state index in [1.54, 1.807) is 45.0 Å². The van der Waals surface area contributed by atoms with Gasteiger partial charge in [0.2, 0.25) is 5.91 Å². The maximum atomic E-state index is 15.0. The molecule has 1 aliphatic rings. The number of rotatable bonds is 6. The zero-order valence-corrected chi connectivity index (χ0v) is 19.6. The maximum Gasteiger partial charge on any atom is 0.407 e. The molecule has 1 atom stereocenters. The number of nitrogens with zero attached hydrogens (tertiary/aromatic N) is 1. The number of likely N-dealkylation sites (tertiary alicyclic amines) is 1. The summed E-state index contributed by atoms with van der Waals surface area (Å²) >= 11 is 0. The van der Waals surface area contributed by atoms with E-state index in [9.17, 15) is 9.59 Å². The van der Waals surface area contributed by atoms with Crippen LogP contribution in [0.15, 0.2) is 54.6 Å². The Labute approximate surface area is 198 Å². The molecule has 2 aromatic rings. The number of carbonyl (C=O) groups is 2. The van der Waals surface area contributed by atoms with Gasteiger partial charge in [0, 0.05) is 24.7 Å². The standard InChI is InChI=1S/C25H31F2N3O4/c1-24(2,3)34-23(32)29-18-13-15-30(16-14-18)22(31)21(28)25(26,27)17-9-11-20(12-10-17)33-19-7-5-4-6-8-19/h4-12,18,21H,13-16,28H2,1-3H3,(H,29,32). The number of carbonyl (C=O) groups excluding carboxylic acids is 2. The summed E-state index contributed by atoms with van der Waals surface area (Å²) in [6.07, 6.45) is 0.309. The number of alkyl carbamates (subject to hydrolysis) is 1. The number of amides is 2. The lowest BCUT2D eigenvalue weighted by Crippen LogP contribution is -2.55. The number of piperidine rings is 1. The lowest BCUT2D eigenvalue weighted by atomic mass is 9.98. The van der Waals surface area contributed by atoms with Gasteiger partial charge in [0.1, 0.15) is 17.1 Å². The average Bonchev–Trinajstić information content (AvgIpc) is 2.78. The molecule has 0 aromatic heterocycles. The van der Waals surface area contributed by atoms with Crippen molar-refractivity contribution in [1.29, 1.82) is 0 Å². The Morgan fingerprint density at radius 1 is 1.00 bits per heavy atom. The van der Waals surface area contributed by atoms with Crippen LogP contribution in [0.5, 0.6) is 11.5 Å². The number of ether oxygens (including phenoxy) is 2. The van der Waals surface area contributed by atoms with E-state index >= 15 is 8.78 Å². The minimum absolute atomic E-state index is 0.201. The largest absolute Gasteiger partial charge is 0.457 e. The fraction of sp³-hybridized carbons (Fsp3) is 0.440. The third kappa shape index (κ3) is 6.66. The van der Waals surface area contributed by atoms with E-state index in [4.69, 9.17) is 15.2 Å². The van der Waals surface area contributed by atoms with Crippen molar-refractivity contribution >= 4 is 12.0 Å². The van der Waals surface area contributed by atoms with Gasteiger partial charge in [-0.1, -0.05) is 18.2 Å². The first-order valence-corrected chi connectivity index (χ1v) is 11.2. The first-order valence-electron chi connectivity index (χ1n) is 11.2. The molecule has 1 fully saturated rings. The highest BCUT2D eigenvalue weighted by molar-refractivity contribution is 5.83. The second-order valence-corrected chi connectivity index (χ2v) is 9.29. The number of nitrogens with one attached hydrogen (secondary N) is 1. The summed E-state index contributed by atoms with van der Waals surface area (Å²) in [4.78, 5) is 26.0. The third-order valence-corrected chi connectivity index (χ3v) is 5.40. The number of hydrogen-bond acceptors (Lipinski definition) is 5. The first-order chi connectivity index (χ1) is 16.0. The zero-order chi connectivity index (χ0) is 24.9. The van der Waals surface area contributed by atoms with E-state index in [2.05, 4.69) is 5.32 Å². The highest BCUT2D eigenvalue weighted by atomic mass is 19.3. The Bertz CT molecular complexity index is 970. The second kappa shape index (κ2) is 10.4. The van der Waals surface area contributed by atoms with Crippen LogP contribution in [0, 0.1) is 0 Å². The van der Waals surface area contributed by atoms with Crippen molar-refractivity contribution in [3.05, 3.63) is 60.2 Å². The van der Waals surface area contributed by atoms with Crippen molar-refractivity contribution in [3.8, 4) is 11.5 Å². The molecule has 0 radical (unpaired) electrons. The third-order valence-electron chi connectivity index (χ3n) is 5.40. The van der Waals surface area contributed by atoms with Crippen molar-refractivity contribution < 1.29 is 27.8 Å². The van der Waals surface area contributed by atoms with Gasteiger partial charge in [0.05, 0.1) is 0 Å². The molecular weight excluding hydrogens is 444 g/mol. The highest BCUT2D eigenvalue weighted by Gasteiger charge is 2.45. The molecule has 1 heterocycles. The van der Waals surface area contributed by atoms with Gasteiger partial charge < -0.3 is 25.4 Å². The smallest absolute Gasteiger partial charge is 0.407 e. The van der Waals surface area contributed by atoms with Gasteiger partial charge in [-0.25, -0.2) is 4.79 Å². The van der Waals surface area contributed by atoms with Crippen LogP contribution < -0.4 is 15.8 Å². The van der Waals surface area contributed by atoms with Crippen LogP contribution in [-0.2, 0) is 15.5 Å². The molecule has 0 aliphatic carbocycles. The number of benzene rings is 2. The number of nitrogens with two attached hydrogens (primary N) is 1. The highest BCUT2D eigenvalue weighted by Crippen LogP contribution is 2.34. The summed E-state index contributed by atoms with van der Waals surface area (Å²) in [6, 6.07) is 12.0. The minimum Gasteiger partial charge on any atom is -0.457 e. The molecule has 9 heteroatoms. The van der Waals surface area contributed by atoms with E-state index in [0.717, 1.165) is 0 Å². The minimum atomic E-state index is -3.56. The Kier molecular flexibility index (Phi) is 7.76. The van der Waals surface area contributed by atoms with Gasteiger partial charge in [0.25, 0.3) is 5.92 Å². The summed E-state index contributed by atoms with van der Waals surface area (Å²) < 4.78 is 40.9. The Morgan fingerprint density at radius 3 is 2.12 bits per heavy atom. The molecule has 2 amide bonds. The molecule has 0 spiro atoms. The maximum absolute atomic E-state index is 15.0. The Hall–Kier alpha value is -3.20. The fourth-order valence-electron chi connectivity index (χ4n) is 3.62. The molecule has 1 unspecified atom stereocenters. The van der Waals surface area contributed by atoms with Crippen LogP contribution >= 0.6 is 0 Å². The monoisotopic (exact) mass is 475 g/mol. The summed E-state index contributed by atoms with van der Waals surface area (Å²) in [5.74, 6) is -3.41. The molecule has 34 heavy (non-hydrogen) atoms. The lowest BCUT2D eigenvalue weighted by Gasteiger charge is -2.35. The molecule has 2 aromatic carbocycles. The normalized spacial score (nSPS) is 16.0. The molecule has 0 bridgehead atoms. The number of hydrogen-bond donors (Lipinski definition) is 2. The van der Waals surface area contributed by atoms with Gasteiger partial charge >= 0.3 is 6.09 Å². The summed E-state index contributed by atoms with van der Waals surface area (Å²) in [5.41, 5.74) is 4.76. The van der Waals surface area contributed by atoms with E-state index in [-0.39, 0.29) is 24.7 Å². The van der Waals surface area contributed by atoms with E-state index in [1.165, 1.54) is 29.2 Å². The van der Waals surface area contributed by atoms with E-state index < -0.39 is 29.6 Å². The number of alkyl halides is 2. The average molecular weight is 476 g/mol. The summed E-state index contributed by atoms with van der Waals surface area (Å²) in [6.45, 7) is 5.72. The molecule has 3 N–H and O–H groups in total. The molecule has 7 nitrogen and oxygen atoms in total. The van der Waals surface area contributed by atoms with Crippen LogP contribution in [0.3, 0.4) is 0 Å². The lowest BCUT2D eigenvalue weighted by molar-refractivity contribution is -0.144. The quantitative estimate of drug-likeness (QED) is 0.645. The molecule has 0 saturated carbocycles. The second-order valence-electron chi connectivity index (χ2n) is 9.29. The van der Waals surface area contributed by atoms with Crippen LogP contribution in [0.4, 0.5) is 13.6 Å². The van der Waals surface area contributed by atoms with E-state index in [0.29, 0.717) is 24.3 Å².